The molecule has 2 rings (SSSR count). The lowest BCUT2D eigenvalue weighted by Gasteiger charge is -2.09. The van der Waals surface area contributed by atoms with Crippen molar-refractivity contribution in [1.82, 2.24) is 0 Å². The molecule has 0 aliphatic carbocycles. The smallest absolute Gasteiger partial charge is 0.306 e. The highest BCUT2D eigenvalue weighted by Gasteiger charge is 2.04. The van der Waals surface area contributed by atoms with Gasteiger partial charge in [0.25, 0.3) is 0 Å². The van der Waals surface area contributed by atoms with Gasteiger partial charge >= 0.3 is 5.97 Å². The molecule has 0 atom stereocenters. The van der Waals surface area contributed by atoms with Gasteiger partial charge in [0.1, 0.15) is 19.0 Å². The molecule has 0 saturated heterocycles. The van der Waals surface area contributed by atoms with Crippen molar-refractivity contribution in [3.8, 4) is 5.75 Å². The maximum Gasteiger partial charge on any atom is 0.306 e. The van der Waals surface area contributed by atoms with Gasteiger partial charge in [0.2, 0.25) is 0 Å². The minimum atomic E-state index is -0.408. The molecule has 1 radical (unpaired) electrons. The Balaban J connectivity index is 1.84. The Bertz CT molecular complexity index is 587. The number of hydrogen-bond donors (Lipinski definition) is 0. The zero-order chi connectivity index (χ0) is 14.2. The van der Waals surface area contributed by atoms with Crippen molar-refractivity contribution in [2.45, 2.75) is 12.8 Å². The number of rotatable bonds is 7. The molecule has 0 aliphatic heterocycles. The highest BCUT2D eigenvalue weighted by molar-refractivity contribution is 5.88. The standard InChI is InChI=1S/C16H15O4/c17-10-4-9-16(18)20-12-11-19-15-8-3-6-13-5-1-2-7-14(13)15/h1-3,5-8H,4,9,11-12H2. The molecule has 0 spiro atoms. The van der Waals surface area contributed by atoms with Gasteiger partial charge in [0.05, 0.1) is 6.42 Å². The fraction of sp³-hybridized carbons (Fsp3) is 0.250. The third-order valence-corrected chi connectivity index (χ3v) is 2.78. The summed E-state index contributed by atoms with van der Waals surface area (Å²) in [6.45, 7) is 0.450. The van der Waals surface area contributed by atoms with E-state index in [-0.39, 0.29) is 26.1 Å². The second-order valence-electron chi connectivity index (χ2n) is 4.19. The number of carbonyl (C=O) groups is 1. The minimum Gasteiger partial charge on any atom is -0.489 e. The summed E-state index contributed by atoms with van der Waals surface area (Å²) in [5.41, 5.74) is 0. The molecule has 0 bridgehead atoms. The van der Waals surface area contributed by atoms with Crippen LogP contribution in [0.5, 0.6) is 5.75 Å². The molecule has 0 saturated carbocycles. The first-order chi connectivity index (χ1) is 9.81. The number of fused-ring (bicyclic) bond motifs is 1. The van der Waals surface area contributed by atoms with Crippen molar-refractivity contribution in [2.24, 2.45) is 0 Å². The molecule has 20 heavy (non-hydrogen) atoms. The third kappa shape index (κ3) is 3.82. The number of hydrogen-bond acceptors (Lipinski definition) is 4. The summed E-state index contributed by atoms with van der Waals surface area (Å²) in [5.74, 6) is 0.357. The predicted molar refractivity (Wildman–Crippen MR) is 75.3 cm³/mol. The molecule has 2 aromatic carbocycles. The van der Waals surface area contributed by atoms with E-state index in [1.54, 1.807) is 6.29 Å². The van der Waals surface area contributed by atoms with Crippen molar-refractivity contribution >= 4 is 23.0 Å². The van der Waals surface area contributed by atoms with Crippen molar-refractivity contribution < 1.29 is 19.1 Å². The van der Waals surface area contributed by atoms with Gasteiger partial charge in [0, 0.05) is 11.8 Å². The Morgan fingerprint density at radius 3 is 2.70 bits per heavy atom. The average molecular weight is 271 g/mol. The van der Waals surface area contributed by atoms with Crippen LogP contribution in [0.4, 0.5) is 0 Å². The van der Waals surface area contributed by atoms with Gasteiger partial charge in [-0.2, -0.15) is 0 Å². The lowest BCUT2D eigenvalue weighted by molar-refractivity contribution is -0.144. The molecule has 0 heterocycles. The molecule has 0 N–H and O–H groups in total. The molecule has 0 fully saturated rings. The van der Waals surface area contributed by atoms with Crippen LogP contribution in [0, 0.1) is 0 Å². The Kier molecular flexibility index (Phi) is 5.12. The summed E-state index contributed by atoms with van der Waals surface area (Å²) in [7, 11) is 0. The van der Waals surface area contributed by atoms with Crippen molar-refractivity contribution in [2.75, 3.05) is 13.2 Å². The Hall–Kier alpha value is -2.36. The van der Waals surface area contributed by atoms with E-state index in [1.165, 1.54) is 0 Å². The Labute approximate surface area is 117 Å². The van der Waals surface area contributed by atoms with E-state index in [9.17, 15) is 9.59 Å². The van der Waals surface area contributed by atoms with Crippen LogP contribution in [0.25, 0.3) is 10.8 Å². The van der Waals surface area contributed by atoms with E-state index in [2.05, 4.69) is 0 Å². The first-order valence-electron chi connectivity index (χ1n) is 6.42. The molecule has 0 amide bonds. The molecule has 0 unspecified atom stereocenters. The van der Waals surface area contributed by atoms with Gasteiger partial charge in [0.15, 0.2) is 6.29 Å². The summed E-state index contributed by atoms with van der Waals surface area (Å²) >= 11 is 0. The second kappa shape index (κ2) is 7.28. The first-order valence-corrected chi connectivity index (χ1v) is 6.42. The van der Waals surface area contributed by atoms with Gasteiger partial charge in [-0.1, -0.05) is 36.4 Å². The van der Waals surface area contributed by atoms with Crippen molar-refractivity contribution in [1.29, 1.82) is 0 Å². The van der Waals surface area contributed by atoms with Gasteiger partial charge in [-0.15, -0.1) is 0 Å². The normalized spacial score (nSPS) is 10.2. The van der Waals surface area contributed by atoms with E-state index in [1.807, 2.05) is 42.5 Å². The number of esters is 1. The molecule has 4 nitrogen and oxygen atoms in total. The average Bonchev–Trinajstić information content (AvgIpc) is 2.49. The van der Waals surface area contributed by atoms with Gasteiger partial charge in [-0.3, -0.25) is 9.59 Å². The molecule has 2 aromatic rings. The van der Waals surface area contributed by atoms with Crippen LogP contribution in [0.2, 0.25) is 0 Å². The highest BCUT2D eigenvalue weighted by atomic mass is 16.6. The molecule has 0 aromatic heterocycles. The number of benzene rings is 2. The molecular formula is C16H15O4. The predicted octanol–water partition coefficient (Wildman–Crippen LogP) is 2.65. The summed E-state index contributed by atoms with van der Waals surface area (Å²) in [6.07, 6.45) is 1.79. The Morgan fingerprint density at radius 1 is 1.05 bits per heavy atom. The monoisotopic (exact) mass is 271 g/mol. The fourth-order valence-electron chi connectivity index (χ4n) is 1.85. The summed E-state index contributed by atoms with van der Waals surface area (Å²) in [6, 6.07) is 13.7. The van der Waals surface area contributed by atoms with Gasteiger partial charge in [-0.05, 0) is 11.5 Å². The fourth-order valence-corrected chi connectivity index (χ4v) is 1.85. The van der Waals surface area contributed by atoms with Crippen LogP contribution in [0.1, 0.15) is 12.8 Å². The van der Waals surface area contributed by atoms with Crippen LogP contribution >= 0.6 is 0 Å². The SMILES string of the molecule is O=[C]CCC(=O)OCCOc1cccc2ccccc12. The summed E-state index contributed by atoms with van der Waals surface area (Å²) in [4.78, 5) is 21.2. The minimum absolute atomic E-state index is 0.0672. The maximum atomic E-state index is 11.2. The van der Waals surface area contributed by atoms with Gasteiger partial charge < -0.3 is 9.47 Å². The Morgan fingerprint density at radius 2 is 1.85 bits per heavy atom. The van der Waals surface area contributed by atoms with Crippen LogP contribution in [0.3, 0.4) is 0 Å². The quantitative estimate of drug-likeness (QED) is 0.574. The van der Waals surface area contributed by atoms with Crippen LogP contribution in [-0.2, 0) is 14.3 Å². The zero-order valence-electron chi connectivity index (χ0n) is 11.0. The van der Waals surface area contributed by atoms with Crippen molar-refractivity contribution in [3.63, 3.8) is 0 Å². The van der Waals surface area contributed by atoms with Crippen LogP contribution in [-0.4, -0.2) is 25.5 Å². The number of carbonyl (C=O) groups excluding carboxylic acids is 2. The third-order valence-electron chi connectivity index (χ3n) is 2.78. The molecule has 103 valence electrons. The van der Waals surface area contributed by atoms with E-state index in [4.69, 9.17) is 9.47 Å². The molecule has 0 aliphatic rings. The summed E-state index contributed by atoms with van der Waals surface area (Å²) < 4.78 is 10.6. The van der Waals surface area contributed by atoms with Crippen LogP contribution < -0.4 is 4.74 Å². The van der Waals surface area contributed by atoms with Crippen LogP contribution in [0.15, 0.2) is 42.5 Å². The molecular weight excluding hydrogens is 256 g/mol. The van der Waals surface area contributed by atoms with E-state index >= 15 is 0 Å². The van der Waals surface area contributed by atoms with E-state index in [0.717, 1.165) is 16.5 Å². The lowest BCUT2D eigenvalue weighted by Crippen LogP contribution is -2.12. The lowest BCUT2D eigenvalue weighted by atomic mass is 10.1. The van der Waals surface area contributed by atoms with Crippen molar-refractivity contribution in [3.05, 3.63) is 42.5 Å². The first kappa shape index (κ1) is 14.1. The van der Waals surface area contributed by atoms with E-state index < -0.39 is 5.97 Å². The number of ether oxygens (including phenoxy) is 2. The second-order valence-corrected chi connectivity index (χ2v) is 4.19. The summed E-state index contributed by atoms with van der Waals surface area (Å²) in [5, 5.41) is 2.13. The zero-order valence-corrected chi connectivity index (χ0v) is 11.0. The molecule has 4 heteroatoms. The topological polar surface area (TPSA) is 52.6 Å². The highest BCUT2D eigenvalue weighted by Crippen LogP contribution is 2.24. The maximum absolute atomic E-state index is 11.2. The van der Waals surface area contributed by atoms with E-state index in [0.29, 0.717) is 0 Å². The van der Waals surface area contributed by atoms with Gasteiger partial charge in [-0.25, -0.2) is 0 Å². The largest absolute Gasteiger partial charge is 0.489 e.